The summed E-state index contributed by atoms with van der Waals surface area (Å²) in [5, 5.41) is 8.02. The van der Waals surface area contributed by atoms with Crippen molar-refractivity contribution in [3.8, 4) is 11.3 Å². The van der Waals surface area contributed by atoms with Gasteiger partial charge >= 0.3 is 0 Å². The van der Waals surface area contributed by atoms with Crippen molar-refractivity contribution in [3.63, 3.8) is 0 Å². The van der Waals surface area contributed by atoms with Gasteiger partial charge in [0.05, 0.1) is 12.1 Å². The molecule has 2 aromatic heterocycles. The minimum Gasteiger partial charge on any atom is -0.456 e. The first kappa shape index (κ1) is 25.2. The van der Waals surface area contributed by atoms with Crippen LogP contribution in [0.15, 0.2) is 46.9 Å². The van der Waals surface area contributed by atoms with Crippen molar-refractivity contribution in [3.05, 3.63) is 75.3 Å². The lowest BCUT2D eigenvalue weighted by atomic mass is 10.1. The molecule has 0 aliphatic heterocycles. The maximum Gasteiger partial charge on any atom is 0.286 e. The number of hydrazine groups is 1. The largest absolute Gasteiger partial charge is 0.456 e. The SMILES string of the molecule is CCCN(CCC)NC(=O)c1cc(C)n(Cc2cc(Cl)cc3cc(-c4ccc(Cl)cc4F)oc23)n1. The Bertz CT molecular complexity index is 1360. The second-order valence-electron chi connectivity index (χ2n) is 8.47. The van der Waals surface area contributed by atoms with Crippen molar-refractivity contribution < 1.29 is 13.6 Å². The fourth-order valence-corrected chi connectivity index (χ4v) is 4.44. The molecule has 0 atom stereocenters. The Balaban J connectivity index is 1.63. The summed E-state index contributed by atoms with van der Waals surface area (Å²) >= 11 is 12.3. The molecule has 0 saturated heterocycles. The number of nitrogens with one attached hydrogen (secondary N) is 1. The normalized spacial score (nSPS) is 11.5. The van der Waals surface area contributed by atoms with Gasteiger partial charge in [-0.05, 0) is 62.2 Å². The number of furan rings is 1. The van der Waals surface area contributed by atoms with Crippen molar-refractivity contribution in [2.45, 2.75) is 40.2 Å². The maximum atomic E-state index is 14.5. The molecule has 4 rings (SSSR count). The second-order valence-corrected chi connectivity index (χ2v) is 9.35. The Labute approximate surface area is 213 Å². The van der Waals surface area contributed by atoms with Crippen LogP contribution in [0.4, 0.5) is 4.39 Å². The first-order valence-corrected chi connectivity index (χ1v) is 12.3. The summed E-state index contributed by atoms with van der Waals surface area (Å²) in [6.45, 7) is 7.91. The molecule has 0 aliphatic carbocycles. The molecule has 35 heavy (non-hydrogen) atoms. The number of nitrogens with zero attached hydrogens (tertiary/aromatic N) is 3. The van der Waals surface area contributed by atoms with E-state index < -0.39 is 5.82 Å². The number of aryl methyl sites for hydroxylation is 1. The van der Waals surface area contributed by atoms with Crippen molar-refractivity contribution >= 4 is 40.1 Å². The number of fused-ring (bicyclic) bond motifs is 1. The zero-order valence-corrected chi connectivity index (χ0v) is 21.4. The lowest BCUT2D eigenvalue weighted by Crippen LogP contribution is -2.43. The first-order valence-electron chi connectivity index (χ1n) is 11.6. The van der Waals surface area contributed by atoms with Crippen molar-refractivity contribution in [2.75, 3.05) is 13.1 Å². The standard InChI is InChI=1S/C26H27Cl2FN4O2/c1-4-8-32(9-5-2)31-26(34)23-10-16(3)33(30-23)15-18-12-20(28)11-17-13-24(35-25(17)18)21-7-6-19(27)14-22(21)29/h6-7,10-14H,4-5,8-9,15H2,1-3H3,(H,31,34). The molecule has 0 fully saturated rings. The zero-order chi connectivity index (χ0) is 25.1. The molecule has 9 heteroatoms. The van der Waals surface area contributed by atoms with Gasteiger partial charge < -0.3 is 4.42 Å². The third-order valence-electron chi connectivity index (χ3n) is 5.64. The number of halogens is 3. The van der Waals surface area contributed by atoms with Gasteiger partial charge in [-0.3, -0.25) is 14.9 Å². The topological polar surface area (TPSA) is 63.3 Å². The molecule has 1 N–H and O–H groups in total. The van der Waals surface area contributed by atoms with Gasteiger partial charge in [0.1, 0.15) is 17.2 Å². The molecule has 0 radical (unpaired) electrons. The van der Waals surface area contributed by atoms with Gasteiger partial charge in [-0.15, -0.1) is 0 Å². The van der Waals surface area contributed by atoms with Crippen molar-refractivity contribution in [1.82, 2.24) is 20.2 Å². The fraction of sp³-hybridized carbons (Fsp3) is 0.308. The Hall–Kier alpha value is -2.87. The Morgan fingerprint density at radius 1 is 1.09 bits per heavy atom. The summed E-state index contributed by atoms with van der Waals surface area (Å²) in [6.07, 6.45) is 1.87. The number of aromatic nitrogens is 2. The van der Waals surface area contributed by atoms with E-state index in [1.54, 1.807) is 41.1 Å². The highest BCUT2D eigenvalue weighted by atomic mass is 35.5. The molecule has 0 aliphatic rings. The molecule has 1 amide bonds. The predicted octanol–water partition coefficient (Wildman–Crippen LogP) is 6.87. The number of benzene rings is 2. The average molecular weight is 517 g/mol. The van der Waals surface area contributed by atoms with E-state index in [4.69, 9.17) is 27.6 Å². The number of amides is 1. The molecule has 6 nitrogen and oxygen atoms in total. The van der Waals surface area contributed by atoms with Gasteiger partial charge in [0, 0.05) is 39.8 Å². The molecular formula is C26H27Cl2FN4O2. The van der Waals surface area contributed by atoms with Crippen molar-refractivity contribution in [2.24, 2.45) is 0 Å². The Morgan fingerprint density at radius 3 is 2.51 bits per heavy atom. The molecule has 2 aromatic carbocycles. The van der Waals surface area contributed by atoms with E-state index in [-0.39, 0.29) is 5.91 Å². The highest BCUT2D eigenvalue weighted by molar-refractivity contribution is 6.31. The minimum absolute atomic E-state index is 0.247. The van der Waals surface area contributed by atoms with E-state index in [1.807, 2.05) is 11.9 Å². The number of hydrogen-bond acceptors (Lipinski definition) is 4. The lowest BCUT2D eigenvalue weighted by molar-refractivity contribution is 0.0781. The number of carbonyl (C=O) groups is 1. The van der Waals surface area contributed by atoms with E-state index in [9.17, 15) is 9.18 Å². The van der Waals surface area contributed by atoms with Crippen LogP contribution >= 0.6 is 23.2 Å². The third kappa shape index (κ3) is 5.69. The quantitative estimate of drug-likeness (QED) is 0.246. The average Bonchev–Trinajstić information content (AvgIpc) is 3.37. The molecule has 0 bridgehead atoms. The van der Waals surface area contributed by atoms with Gasteiger partial charge in [-0.2, -0.15) is 5.10 Å². The van der Waals surface area contributed by atoms with Crippen LogP contribution in [0.3, 0.4) is 0 Å². The summed E-state index contributed by atoms with van der Waals surface area (Å²) in [5.74, 6) is -0.340. The lowest BCUT2D eigenvalue weighted by Gasteiger charge is -2.21. The molecule has 184 valence electrons. The third-order valence-corrected chi connectivity index (χ3v) is 6.09. The summed E-state index contributed by atoms with van der Waals surface area (Å²) in [7, 11) is 0. The van der Waals surface area contributed by atoms with Crippen LogP contribution in [0.25, 0.3) is 22.3 Å². The Morgan fingerprint density at radius 2 is 1.83 bits per heavy atom. The van der Waals surface area contributed by atoms with Crippen LogP contribution in [0.2, 0.25) is 10.0 Å². The molecule has 2 heterocycles. The van der Waals surface area contributed by atoms with Crippen LogP contribution in [0, 0.1) is 12.7 Å². The zero-order valence-electron chi connectivity index (χ0n) is 19.9. The molecule has 0 unspecified atom stereocenters. The molecule has 0 saturated carbocycles. The van der Waals surface area contributed by atoms with Gasteiger partial charge in [0.15, 0.2) is 5.69 Å². The molecule has 4 aromatic rings. The summed E-state index contributed by atoms with van der Waals surface area (Å²) in [6, 6.07) is 11.5. The monoisotopic (exact) mass is 516 g/mol. The predicted molar refractivity (Wildman–Crippen MR) is 137 cm³/mol. The van der Waals surface area contributed by atoms with Gasteiger partial charge in [-0.1, -0.05) is 37.0 Å². The van der Waals surface area contributed by atoms with Crippen LogP contribution < -0.4 is 5.43 Å². The minimum atomic E-state index is -0.469. The highest BCUT2D eigenvalue weighted by Gasteiger charge is 2.18. The van der Waals surface area contributed by atoms with Crippen LogP contribution in [0.5, 0.6) is 0 Å². The highest BCUT2D eigenvalue weighted by Crippen LogP contribution is 2.34. The summed E-state index contributed by atoms with van der Waals surface area (Å²) in [4.78, 5) is 12.8. The van der Waals surface area contributed by atoms with Crippen LogP contribution in [-0.2, 0) is 6.54 Å². The smallest absolute Gasteiger partial charge is 0.286 e. The van der Waals surface area contributed by atoms with E-state index in [0.29, 0.717) is 39.2 Å². The van der Waals surface area contributed by atoms with E-state index in [1.165, 1.54) is 6.07 Å². The van der Waals surface area contributed by atoms with Crippen LogP contribution in [0.1, 0.15) is 48.4 Å². The molecular weight excluding hydrogens is 490 g/mol. The van der Waals surface area contributed by atoms with E-state index >= 15 is 0 Å². The Kier molecular flexibility index (Phi) is 7.79. The fourth-order valence-electron chi connectivity index (χ4n) is 4.03. The van der Waals surface area contributed by atoms with Gasteiger partial charge in [0.25, 0.3) is 5.91 Å². The maximum absolute atomic E-state index is 14.5. The number of carbonyl (C=O) groups excluding carboxylic acids is 1. The summed E-state index contributed by atoms with van der Waals surface area (Å²) < 4.78 is 22.3. The molecule has 0 spiro atoms. The van der Waals surface area contributed by atoms with Gasteiger partial charge in [0.2, 0.25) is 0 Å². The van der Waals surface area contributed by atoms with Crippen LogP contribution in [-0.4, -0.2) is 33.8 Å². The van der Waals surface area contributed by atoms with E-state index in [2.05, 4.69) is 24.4 Å². The van der Waals surface area contributed by atoms with Crippen molar-refractivity contribution in [1.29, 1.82) is 0 Å². The number of hydrogen-bond donors (Lipinski definition) is 1. The second kappa shape index (κ2) is 10.8. The number of rotatable bonds is 9. The first-order chi connectivity index (χ1) is 16.8. The summed E-state index contributed by atoms with van der Waals surface area (Å²) in [5.41, 5.74) is 5.75. The van der Waals surface area contributed by atoms with Gasteiger partial charge in [-0.25, -0.2) is 9.40 Å². The van der Waals surface area contributed by atoms with E-state index in [0.717, 1.165) is 42.6 Å².